The molecule has 2 aromatic carbocycles. The molecular weight excluding hydrogens is 400 g/mol. The van der Waals surface area contributed by atoms with E-state index in [2.05, 4.69) is 36.4 Å². The highest BCUT2D eigenvalue weighted by molar-refractivity contribution is 5.76. The average molecular weight is 429 g/mol. The molecule has 6 heteroatoms. The van der Waals surface area contributed by atoms with Gasteiger partial charge in [-0.05, 0) is 30.0 Å². The monoisotopic (exact) mass is 428 g/mol. The van der Waals surface area contributed by atoms with Crippen molar-refractivity contribution >= 4 is 11.4 Å². The fourth-order valence-corrected chi connectivity index (χ4v) is 3.74. The zero-order valence-electron chi connectivity index (χ0n) is 18.7. The van der Waals surface area contributed by atoms with E-state index in [0.29, 0.717) is 18.0 Å². The first-order valence-corrected chi connectivity index (χ1v) is 11.0. The van der Waals surface area contributed by atoms with Crippen LogP contribution in [0.25, 0.3) is 16.8 Å². The lowest BCUT2D eigenvalue weighted by Crippen LogP contribution is -2.29. The summed E-state index contributed by atoms with van der Waals surface area (Å²) >= 11 is 0. The molecule has 6 nitrogen and oxygen atoms in total. The van der Waals surface area contributed by atoms with Crippen LogP contribution in [0, 0.1) is 0 Å². The zero-order valence-corrected chi connectivity index (χ0v) is 18.7. The SMILES string of the molecule is CC(C)c1ccc(-c2cc3c(=O)n(CCC(=O)NC(C)c4ccccc4)ccn3n2)cc1. The minimum absolute atomic E-state index is 0.0811. The Labute approximate surface area is 187 Å². The van der Waals surface area contributed by atoms with E-state index >= 15 is 0 Å². The Balaban J connectivity index is 1.46. The third-order valence-electron chi connectivity index (χ3n) is 5.73. The molecule has 0 aliphatic rings. The van der Waals surface area contributed by atoms with Crippen molar-refractivity contribution in [1.82, 2.24) is 19.5 Å². The van der Waals surface area contributed by atoms with Crippen molar-refractivity contribution in [1.29, 1.82) is 0 Å². The number of nitrogens with zero attached hydrogens (tertiary/aromatic N) is 3. The molecule has 2 aromatic heterocycles. The Kier molecular flexibility index (Phi) is 6.21. The van der Waals surface area contributed by atoms with E-state index in [1.807, 2.05) is 49.4 Å². The molecule has 0 saturated carbocycles. The predicted octanol–water partition coefficient (Wildman–Crippen LogP) is 4.55. The largest absolute Gasteiger partial charge is 0.350 e. The highest BCUT2D eigenvalue weighted by Crippen LogP contribution is 2.22. The molecule has 1 N–H and O–H groups in total. The van der Waals surface area contributed by atoms with Crippen LogP contribution in [0.1, 0.15) is 50.3 Å². The molecule has 0 aliphatic carbocycles. The van der Waals surface area contributed by atoms with Gasteiger partial charge in [-0.15, -0.1) is 0 Å². The number of aromatic nitrogens is 3. The van der Waals surface area contributed by atoms with Gasteiger partial charge in [-0.25, -0.2) is 4.52 Å². The van der Waals surface area contributed by atoms with E-state index in [9.17, 15) is 9.59 Å². The van der Waals surface area contributed by atoms with Crippen LogP contribution < -0.4 is 10.9 Å². The number of aryl methyl sites for hydroxylation is 1. The van der Waals surface area contributed by atoms with Gasteiger partial charge in [0.25, 0.3) is 5.56 Å². The van der Waals surface area contributed by atoms with Crippen molar-refractivity contribution in [2.75, 3.05) is 0 Å². The molecule has 1 atom stereocenters. The molecular formula is C26H28N4O2. The Bertz CT molecular complexity index is 1270. The Morgan fingerprint density at radius 2 is 1.69 bits per heavy atom. The molecule has 0 spiro atoms. The smallest absolute Gasteiger partial charge is 0.276 e. The molecule has 2 heterocycles. The van der Waals surface area contributed by atoms with Gasteiger partial charge in [-0.3, -0.25) is 9.59 Å². The quantitative estimate of drug-likeness (QED) is 0.469. The maximum atomic E-state index is 12.9. The summed E-state index contributed by atoms with van der Waals surface area (Å²) in [6, 6.07) is 19.8. The molecule has 0 bridgehead atoms. The van der Waals surface area contributed by atoms with Crippen LogP contribution in [0.3, 0.4) is 0 Å². The summed E-state index contributed by atoms with van der Waals surface area (Å²) < 4.78 is 3.16. The van der Waals surface area contributed by atoms with E-state index in [1.165, 1.54) is 5.56 Å². The van der Waals surface area contributed by atoms with Gasteiger partial charge >= 0.3 is 0 Å². The lowest BCUT2D eigenvalue weighted by molar-refractivity contribution is -0.121. The van der Waals surface area contributed by atoms with Crippen LogP contribution in [0.5, 0.6) is 0 Å². The zero-order chi connectivity index (χ0) is 22.7. The molecule has 32 heavy (non-hydrogen) atoms. The summed E-state index contributed by atoms with van der Waals surface area (Å²) in [6.07, 6.45) is 3.67. The summed E-state index contributed by atoms with van der Waals surface area (Å²) in [4.78, 5) is 25.3. The van der Waals surface area contributed by atoms with Gasteiger partial charge in [0.15, 0.2) is 0 Å². The molecule has 4 rings (SSSR count). The highest BCUT2D eigenvalue weighted by atomic mass is 16.2. The number of amides is 1. The molecule has 0 fully saturated rings. The van der Waals surface area contributed by atoms with Gasteiger partial charge in [0.2, 0.25) is 5.91 Å². The predicted molar refractivity (Wildman–Crippen MR) is 127 cm³/mol. The minimum atomic E-state index is -0.158. The Morgan fingerprint density at radius 1 is 0.969 bits per heavy atom. The summed E-state index contributed by atoms with van der Waals surface area (Å²) in [5.41, 5.74) is 4.37. The van der Waals surface area contributed by atoms with Crippen molar-refractivity contribution in [3.8, 4) is 11.3 Å². The third-order valence-corrected chi connectivity index (χ3v) is 5.73. The average Bonchev–Trinajstić information content (AvgIpc) is 3.24. The number of hydrogen-bond donors (Lipinski definition) is 1. The normalized spacial score (nSPS) is 12.2. The summed E-state index contributed by atoms with van der Waals surface area (Å²) in [5, 5.41) is 7.54. The van der Waals surface area contributed by atoms with Crippen LogP contribution in [-0.4, -0.2) is 20.1 Å². The molecule has 4 aromatic rings. The molecule has 0 aliphatic heterocycles. The van der Waals surface area contributed by atoms with E-state index in [-0.39, 0.29) is 23.9 Å². The number of carbonyl (C=O) groups excluding carboxylic acids is 1. The third kappa shape index (κ3) is 4.64. The molecule has 1 amide bonds. The van der Waals surface area contributed by atoms with Crippen LogP contribution >= 0.6 is 0 Å². The van der Waals surface area contributed by atoms with Gasteiger partial charge in [-0.2, -0.15) is 5.10 Å². The number of hydrogen-bond acceptors (Lipinski definition) is 3. The molecule has 164 valence electrons. The van der Waals surface area contributed by atoms with Crippen molar-refractivity contribution in [2.45, 2.75) is 45.7 Å². The fourth-order valence-electron chi connectivity index (χ4n) is 3.74. The second-order valence-electron chi connectivity index (χ2n) is 8.38. The van der Waals surface area contributed by atoms with Gasteiger partial charge in [0.1, 0.15) is 5.52 Å². The van der Waals surface area contributed by atoms with Gasteiger partial charge in [0.05, 0.1) is 11.7 Å². The Morgan fingerprint density at radius 3 is 2.38 bits per heavy atom. The number of rotatable bonds is 7. The summed E-state index contributed by atoms with van der Waals surface area (Å²) in [7, 11) is 0. The first-order valence-electron chi connectivity index (χ1n) is 11.0. The van der Waals surface area contributed by atoms with Gasteiger partial charge in [-0.1, -0.05) is 68.4 Å². The lowest BCUT2D eigenvalue weighted by Gasteiger charge is -2.14. The van der Waals surface area contributed by atoms with Crippen LogP contribution in [-0.2, 0) is 11.3 Å². The lowest BCUT2D eigenvalue weighted by atomic mass is 10.0. The van der Waals surface area contributed by atoms with Crippen molar-refractivity contribution in [3.05, 3.63) is 94.5 Å². The van der Waals surface area contributed by atoms with Crippen LogP contribution in [0.2, 0.25) is 0 Å². The molecule has 0 radical (unpaired) electrons. The fraction of sp³-hybridized carbons (Fsp3) is 0.269. The number of nitrogens with one attached hydrogen (secondary N) is 1. The topological polar surface area (TPSA) is 68.4 Å². The van der Waals surface area contributed by atoms with Gasteiger partial charge < -0.3 is 9.88 Å². The highest BCUT2D eigenvalue weighted by Gasteiger charge is 2.12. The van der Waals surface area contributed by atoms with Gasteiger partial charge in [0, 0.05) is 30.9 Å². The van der Waals surface area contributed by atoms with E-state index in [4.69, 9.17) is 0 Å². The number of fused-ring (bicyclic) bond motifs is 1. The first-order chi connectivity index (χ1) is 15.4. The minimum Gasteiger partial charge on any atom is -0.350 e. The van der Waals surface area contributed by atoms with Crippen molar-refractivity contribution in [2.24, 2.45) is 0 Å². The van der Waals surface area contributed by atoms with Crippen LogP contribution in [0.15, 0.2) is 77.9 Å². The Hall–Kier alpha value is -3.67. The van der Waals surface area contributed by atoms with E-state index in [1.54, 1.807) is 27.5 Å². The first kappa shape index (κ1) is 21.6. The summed E-state index contributed by atoms with van der Waals surface area (Å²) in [5.74, 6) is 0.373. The van der Waals surface area contributed by atoms with Crippen molar-refractivity contribution in [3.63, 3.8) is 0 Å². The standard InChI is InChI=1S/C26H28N4O2/c1-18(2)20-9-11-22(12-10-20)23-17-24-26(32)29(15-16-30(24)28-23)14-13-25(31)27-19(3)21-7-5-4-6-8-21/h4-12,15-19H,13-14H2,1-3H3,(H,27,31). The maximum absolute atomic E-state index is 12.9. The van der Waals surface area contributed by atoms with E-state index < -0.39 is 0 Å². The van der Waals surface area contributed by atoms with E-state index in [0.717, 1.165) is 16.8 Å². The van der Waals surface area contributed by atoms with Crippen molar-refractivity contribution < 1.29 is 4.79 Å². The second-order valence-corrected chi connectivity index (χ2v) is 8.38. The molecule has 1 unspecified atom stereocenters. The maximum Gasteiger partial charge on any atom is 0.276 e. The van der Waals surface area contributed by atoms with Crippen LogP contribution in [0.4, 0.5) is 0 Å². The number of carbonyl (C=O) groups is 1. The molecule has 0 saturated heterocycles. The number of benzene rings is 2. The summed E-state index contributed by atoms with van der Waals surface area (Å²) in [6.45, 7) is 6.58. The second kappa shape index (κ2) is 9.22.